The summed E-state index contributed by atoms with van der Waals surface area (Å²) in [6, 6.07) is 0. The van der Waals surface area contributed by atoms with Crippen molar-refractivity contribution < 1.29 is 4.74 Å². The van der Waals surface area contributed by atoms with Gasteiger partial charge in [0.2, 0.25) is 0 Å². The zero-order chi connectivity index (χ0) is 17.4. The summed E-state index contributed by atoms with van der Waals surface area (Å²) >= 11 is 6.35. The number of allylic oxidation sites excluding steroid dienone is 4. The zero-order valence-electron chi connectivity index (χ0n) is 16.1. The largest absolute Gasteiger partial charge is 0.376 e. The van der Waals surface area contributed by atoms with E-state index in [9.17, 15) is 0 Å². The fraction of sp³-hybridized carbons (Fsp3) is 0.800. The van der Waals surface area contributed by atoms with Gasteiger partial charge in [-0.1, -0.05) is 37.1 Å². The van der Waals surface area contributed by atoms with E-state index >= 15 is 0 Å². The van der Waals surface area contributed by atoms with Crippen molar-refractivity contribution in [2.24, 2.45) is 5.92 Å². The van der Waals surface area contributed by atoms with Crippen LogP contribution < -0.4 is 0 Å². The molecule has 0 aliphatic rings. The van der Waals surface area contributed by atoms with Gasteiger partial charge in [0.15, 0.2) is 0 Å². The molecule has 0 amide bonds. The molecule has 0 aromatic heterocycles. The molecule has 1 atom stereocenters. The highest BCUT2D eigenvalue weighted by Crippen LogP contribution is 2.27. The highest BCUT2D eigenvalue weighted by Gasteiger charge is 2.17. The van der Waals surface area contributed by atoms with E-state index in [1.54, 1.807) is 0 Å². The van der Waals surface area contributed by atoms with Crippen LogP contribution in [0, 0.1) is 5.92 Å². The van der Waals surface area contributed by atoms with E-state index in [0.717, 1.165) is 32.3 Å². The first-order chi connectivity index (χ1) is 9.98. The van der Waals surface area contributed by atoms with Crippen LogP contribution in [0.1, 0.15) is 81.1 Å². The van der Waals surface area contributed by atoms with Gasteiger partial charge in [0.25, 0.3) is 0 Å². The Morgan fingerprint density at radius 2 is 1.68 bits per heavy atom. The molecule has 0 heterocycles. The molecule has 0 aromatic rings. The Bertz CT molecular complexity index is 366. The van der Waals surface area contributed by atoms with Gasteiger partial charge < -0.3 is 4.74 Å². The molecule has 0 aliphatic heterocycles. The van der Waals surface area contributed by atoms with Gasteiger partial charge in [-0.05, 0) is 67.2 Å². The fourth-order valence-corrected chi connectivity index (χ4v) is 2.34. The second kappa shape index (κ2) is 9.78. The van der Waals surface area contributed by atoms with Crippen LogP contribution in [0.25, 0.3) is 0 Å². The van der Waals surface area contributed by atoms with Crippen molar-refractivity contribution >= 4 is 11.6 Å². The molecule has 0 N–H and O–H groups in total. The van der Waals surface area contributed by atoms with E-state index < -0.39 is 0 Å². The van der Waals surface area contributed by atoms with Crippen LogP contribution >= 0.6 is 11.6 Å². The van der Waals surface area contributed by atoms with E-state index in [4.69, 9.17) is 16.3 Å². The lowest BCUT2D eigenvalue weighted by molar-refractivity contribution is -0.00635. The molecular weight excluding hydrogens is 292 g/mol. The monoisotopic (exact) mass is 328 g/mol. The van der Waals surface area contributed by atoms with Gasteiger partial charge in [-0.2, -0.15) is 0 Å². The minimum Gasteiger partial charge on any atom is -0.376 e. The maximum atomic E-state index is 6.35. The Morgan fingerprint density at radius 3 is 2.09 bits per heavy atom. The molecule has 0 rings (SSSR count). The average molecular weight is 329 g/mol. The third-order valence-electron chi connectivity index (χ3n) is 3.74. The summed E-state index contributed by atoms with van der Waals surface area (Å²) in [7, 11) is 0. The van der Waals surface area contributed by atoms with Crippen LogP contribution in [0.15, 0.2) is 23.3 Å². The normalized spacial score (nSPS) is 16.0. The third kappa shape index (κ3) is 11.3. The first kappa shape index (κ1) is 21.7. The van der Waals surface area contributed by atoms with Crippen molar-refractivity contribution in [1.82, 2.24) is 0 Å². The minimum atomic E-state index is -0.170. The number of rotatable bonds is 9. The lowest BCUT2D eigenvalue weighted by atomic mass is 9.89. The summed E-state index contributed by atoms with van der Waals surface area (Å²) in [5.41, 5.74) is 2.87. The van der Waals surface area contributed by atoms with Crippen LogP contribution in [0.2, 0.25) is 0 Å². The Hall–Kier alpha value is -0.270. The summed E-state index contributed by atoms with van der Waals surface area (Å²) in [5, 5.41) is 0. The molecular formula is C20H37ClO. The lowest BCUT2D eigenvalue weighted by Gasteiger charge is -2.23. The van der Waals surface area contributed by atoms with Crippen molar-refractivity contribution in [3.63, 3.8) is 0 Å². The fourth-order valence-electron chi connectivity index (χ4n) is 2.26. The lowest BCUT2D eigenvalue weighted by Crippen LogP contribution is -2.21. The summed E-state index contributed by atoms with van der Waals surface area (Å²) in [6.45, 7) is 17.9. The van der Waals surface area contributed by atoms with Crippen molar-refractivity contribution in [3.8, 4) is 0 Å². The Morgan fingerprint density at radius 1 is 1.09 bits per heavy atom. The molecule has 0 bridgehead atoms. The van der Waals surface area contributed by atoms with Gasteiger partial charge in [-0.15, -0.1) is 11.6 Å². The molecule has 2 heteroatoms. The van der Waals surface area contributed by atoms with Crippen LogP contribution in [0.3, 0.4) is 0 Å². The van der Waals surface area contributed by atoms with Crippen LogP contribution in [-0.2, 0) is 4.74 Å². The topological polar surface area (TPSA) is 9.23 Å². The summed E-state index contributed by atoms with van der Waals surface area (Å²) < 4.78 is 5.93. The minimum absolute atomic E-state index is 0.0672. The molecule has 0 aliphatic carbocycles. The van der Waals surface area contributed by atoms with Gasteiger partial charge in [0, 0.05) is 17.4 Å². The smallest absolute Gasteiger partial charge is 0.0598 e. The quantitative estimate of drug-likeness (QED) is 0.330. The summed E-state index contributed by atoms with van der Waals surface area (Å²) in [6.07, 6.45) is 8.89. The second-order valence-corrected chi connectivity index (χ2v) is 8.80. The Kier molecular flexibility index (Phi) is 9.66. The predicted molar refractivity (Wildman–Crippen MR) is 101 cm³/mol. The summed E-state index contributed by atoms with van der Waals surface area (Å²) in [5.74, 6) is 0.464. The maximum absolute atomic E-state index is 6.35. The molecule has 0 saturated carbocycles. The Labute approximate surface area is 144 Å². The van der Waals surface area contributed by atoms with E-state index in [0.29, 0.717) is 5.92 Å². The highest BCUT2D eigenvalue weighted by molar-refractivity contribution is 6.23. The SMILES string of the molecule is CC/C(C)=C\C(CCOC(C)(C)C)/C(=C/CC(C)(C)Cl)CC. The van der Waals surface area contributed by atoms with Gasteiger partial charge in [0.1, 0.15) is 0 Å². The standard InChI is InChI=1S/C20H37ClO/c1-9-16(3)15-18(12-14-22-19(4,5)6)17(10-2)11-13-20(7,8)21/h11,15,18H,9-10,12-14H2,1-8H3/b16-15-,17-11+. The van der Waals surface area contributed by atoms with Crippen molar-refractivity contribution in [2.45, 2.75) is 91.5 Å². The van der Waals surface area contributed by atoms with Crippen LogP contribution in [0.4, 0.5) is 0 Å². The van der Waals surface area contributed by atoms with E-state index in [1.807, 2.05) is 0 Å². The van der Waals surface area contributed by atoms with Crippen molar-refractivity contribution in [1.29, 1.82) is 0 Å². The number of alkyl halides is 1. The van der Waals surface area contributed by atoms with E-state index in [1.165, 1.54) is 11.1 Å². The molecule has 130 valence electrons. The summed E-state index contributed by atoms with van der Waals surface area (Å²) in [4.78, 5) is -0.170. The molecule has 1 nitrogen and oxygen atoms in total. The number of hydrogen-bond acceptors (Lipinski definition) is 1. The Balaban J connectivity index is 5.02. The molecule has 0 fully saturated rings. The molecule has 22 heavy (non-hydrogen) atoms. The van der Waals surface area contributed by atoms with E-state index in [2.05, 4.69) is 67.5 Å². The molecule has 0 spiro atoms. The van der Waals surface area contributed by atoms with Gasteiger partial charge in [-0.3, -0.25) is 0 Å². The third-order valence-corrected chi connectivity index (χ3v) is 3.90. The van der Waals surface area contributed by atoms with Crippen molar-refractivity contribution in [2.75, 3.05) is 6.61 Å². The molecule has 0 saturated heterocycles. The zero-order valence-corrected chi connectivity index (χ0v) is 16.8. The first-order valence-electron chi connectivity index (χ1n) is 8.67. The average Bonchev–Trinajstić information content (AvgIpc) is 2.36. The van der Waals surface area contributed by atoms with Gasteiger partial charge >= 0.3 is 0 Å². The molecule has 0 radical (unpaired) electrons. The molecule has 0 aromatic carbocycles. The number of hydrogen-bond donors (Lipinski definition) is 0. The highest BCUT2D eigenvalue weighted by atomic mass is 35.5. The number of halogens is 1. The van der Waals surface area contributed by atoms with Crippen LogP contribution in [-0.4, -0.2) is 17.1 Å². The number of ether oxygens (including phenoxy) is 1. The van der Waals surface area contributed by atoms with Crippen molar-refractivity contribution in [3.05, 3.63) is 23.3 Å². The first-order valence-corrected chi connectivity index (χ1v) is 9.05. The van der Waals surface area contributed by atoms with Gasteiger partial charge in [0.05, 0.1) is 5.60 Å². The maximum Gasteiger partial charge on any atom is 0.0598 e. The van der Waals surface area contributed by atoms with E-state index in [-0.39, 0.29) is 10.5 Å². The van der Waals surface area contributed by atoms with Crippen LogP contribution in [0.5, 0.6) is 0 Å². The van der Waals surface area contributed by atoms with Gasteiger partial charge in [-0.25, -0.2) is 0 Å². The second-order valence-electron chi connectivity index (χ2n) is 7.78. The molecule has 1 unspecified atom stereocenters. The predicted octanol–water partition coefficient (Wildman–Crippen LogP) is 6.91.